The molecular formula is C11H9NO2. The van der Waals surface area contributed by atoms with Gasteiger partial charge in [0.25, 0.3) is 0 Å². The molecule has 0 aliphatic carbocycles. The van der Waals surface area contributed by atoms with Gasteiger partial charge in [0, 0.05) is 0 Å². The van der Waals surface area contributed by atoms with Gasteiger partial charge in [0.2, 0.25) is 0 Å². The molecule has 3 heteroatoms. The molecule has 0 saturated carbocycles. The maximum atomic E-state index is 10.4. The number of aldehydes is 1. The molecule has 0 heterocycles. The SMILES string of the molecule is COc1cccc(/C=C(\C#N)C=O)c1. The maximum absolute atomic E-state index is 10.4. The molecule has 0 aliphatic heterocycles. The highest BCUT2D eigenvalue weighted by molar-refractivity contribution is 5.86. The first-order valence-corrected chi connectivity index (χ1v) is 4.01. The Balaban J connectivity index is 3.03. The summed E-state index contributed by atoms with van der Waals surface area (Å²) in [6.45, 7) is 0. The second-order valence-corrected chi connectivity index (χ2v) is 2.61. The van der Waals surface area contributed by atoms with Gasteiger partial charge in [-0.1, -0.05) is 12.1 Å². The van der Waals surface area contributed by atoms with E-state index >= 15 is 0 Å². The van der Waals surface area contributed by atoms with Crippen molar-refractivity contribution in [2.45, 2.75) is 0 Å². The quantitative estimate of drug-likeness (QED) is 0.412. The lowest BCUT2D eigenvalue weighted by Crippen LogP contribution is -1.84. The van der Waals surface area contributed by atoms with E-state index in [1.54, 1.807) is 37.4 Å². The molecule has 70 valence electrons. The number of methoxy groups -OCH3 is 1. The number of carbonyl (C=O) groups excluding carboxylic acids is 1. The summed E-state index contributed by atoms with van der Waals surface area (Å²) in [5, 5.41) is 8.53. The van der Waals surface area contributed by atoms with Crippen LogP contribution < -0.4 is 4.74 Å². The van der Waals surface area contributed by atoms with Gasteiger partial charge in [-0.15, -0.1) is 0 Å². The van der Waals surface area contributed by atoms with Crippen molar-refractivity contribution in [3.8, 4) is 11.8 Å². The normalized spacial score (nSPS) is 10.4. The Bertz CT molecular complexity index is 402. The summed E-state index contributed by atoms with van der Waals surface area (Å²) < 4.78 is 5.00. The van der Waals surface area contributed by atoms with Crippen LogP contribution in [0.4, 0.5) is 0 Å². The Kier molecular flexibility index (Phi) is 3.45. The topological polar surface area (TPSA) is 50.1 Å². The van der Waals surface area contributed by atoms with Crippen molar-refractivity contribution in [1.29, 1.82) is 5.26 Å². The Morgan fingerprint density at radius 2 is 2.36 bits per heavy atom. The summed E-state index contributed by atoms with van der Waals surface area (Å²) in [5.41, 5.74) is 0.867. The average molecular weight is 187 g/mol. The molecule has 1 rings (SSSR count). The highest BCUT2D eigenvalue weighted by atomic mass is 16.5. The molecular weight excluding hydrogens is 178 g/mol. The lowest BCUT2D eigenvalue weighted by Gasteiger charge is -1.99. The van der Waals surface area contributed by atoms with Gasteiger partial charge in [-0.2, -0.15) is 5.26 Å². The van der Waals surface area contributed by atoms with Crippen LogP contribution in [0.25, 0.3) is 6.08 Å². The molecule has 0 fully saturated rings. The largest absolute Gasteiger partial charge is 0.497 e. The predicted octanol–water partition coefficient (Wildman–Crippen LogP) is 1.80. The van der Waals surface area contributed by atoms with Crippen LogP contribution in [-0.2, 0) is 4.79 Å². The maximum Gasteiger partial charge on any atom is 0.160 e. The van der Waals surface area contributed by atoms with E-state index in [1.807, 2.05) is 0 Å². The van der Waals surface area contributed by atoms with Crippen molar-refractivity contribution in [2.24, 2.45) is 0 Å². The fraction of sp³-hybridized carbons (Fsp3) is 0.0909. The minimum absolute atomic E-state index is 0.0956. The molecule has 0 N–H and O–H groups in total. The monoisotopic (exact) mass is 187 g/mol. The zero-order valence-electron chi connectivity index (χ0n) is 7.73. The van der Waals surface area contributed by atoms with E-state index in [0.717, 1.165) is 5.56 Å². The van der Waals surface area contributed by atoms with Crippen LogP contribution in [0, 0.1) is 11.3 Å². The minimum Gasteiger partial charge on any atom is -0.497 e. The minimum atomic E-state index is 0.0956. The standard InChI is InChI=1S/C11H9NO2/c1-14-11-4-2-3-9(6-11)5-10(7-12)8-13/h2-6,8H,1H3/b10-5+. The summed E-state index contributed by atoms with van der Waals surface area (Å²) in [5.74, 6) is 0.696. The summed E-state index contributed by atoms with van der Waals surface area (Å²) >= 11 is 0. The number of nitrogens with zero attached hydrogens (tertiary/aromatic N) is 1. The van der Waals surface area contributed by atoms with Crippen molar-refractivity contribution >= 4 is 12.4 Å². The van der Waals surface area contributed by atoms with Crippen molar-refractivity contribution in [1.82, 2.24) is 0 Å². The smallest absolute Gasteiger partial charge is 0.160 e. The number of allylic oxidation sites excluding steroid dienone is 1. The van der Waals surface area contributed by atoms with Crippen LogP contribution >= 0.6 is 0 Å². The Hall–Kier alpha value is -2.08. The molecule has 14 heavy (non-hydrogen) atoms. The molecule has 3 nitrogen and oxygen atoms in total. The first-order chi connectivity index (χ1) is 6.80. The van der Waals surface area contributed by atoms with E-state index in [9.17, 15) is 4.79 Å². The second-order valence-electron chi connectivity index (χ2n) is 2.61. The first-order valence-electron chi connectivity index (χ1n) is 4.01. The molecule has 0 saturated heterocycles. The number of hydrogen-bond acceptors (Lipinski definition) is 3. The highest BCUT2D eigenvalue weighted by Gasteiger charge is 1.95. The Morgan fingerprint density at radius 3 is 2.93 bits per heavy atom. The average Bonchev–Trinajstić information content (AvgIpc) is 2.26. The van der Waals surface area contributed by atoms with Crippen molar-refractivity contribution in [2.75, 3.05) is 7.11 Å². The Morgan fingerprint density at radius 1 is 1.57 bits per heavy atom. The van der Waals surface area contributed by atoms with Gasteiger partial charge in [-0.25, -0.2) is 0 Å². The molecule has 0 spiro atoms. The van der Waals surface area contributed by atoms with E-state index < -0.39 is 0 Å². The number of nitriles is 1. The van der Waals surface area contributed by atoms with Crippen LogP contribution in [-0.4, -0.2) is 13.4 Å². The third kappa shape index (κ3) is 2.46. The van der Waals surface area contributed by atoms with E-state index in [2.05, 4.69) is 0 Å². The predicted molar refractivity (Wildman–Crippen MR) is 52.6 cm³/mol. The van der Waals surface area contributed by atoms with E-state index in [4.69, 9.17) is 10.00 Å². The third-order valence-corrected chi connectivity index (χ3v) is 1.67. The number of carbonyl (C=O) groups is 1. The van der Waals surface area contributed by atoms with Crippen molar-refractivity contribution in [3.63, 3.8) is 0 Å². The molecule has 0 amide bonds. The lowest BCUT2D eigenvalue weighted by atomic mass is 10.1. The third-order valence-electron chi connectivity index (χ3n) is 1.67. The number of ether oxygens (including phenoxy) is 1. The fourth-order valence-electron chi connectivity index (χ4n) is 1.00. The van der Waals surface area contributed by atoms with Crippen molar-refractivity contribution in [3.05, 3.63) is 35.4 Å². The molecule has 0 radical (unpaired) electrons. The first kappa shape index (κ1) is 10.0. The van der Waals surface area contributed by atoms with E-state index in [1.165, 1.54) is 6.08 Å². The van der Waals surface area contributed by atoms with Gasteiger partial charge in [0.1, 0.15) is 11.8 Å². The number of rotatable bonds is 3. The van der Waals surface area contributed by atoms with E-state index in [-0.39, 0.29) is 5.57 Å². The molecule has 0 aliphatic rings. The Labute approximate surface area is 82.2 Å². The van der Waals surface area contributed by atoms with E-state index in [0.29, 0.717) is 12.0 Å². The zero-order chi connectivity index (χ0) is 10.4. The van der Waals surface area contributed by atoms with Crippen molar-refractivity contribution < 1.29 is 9.53 Å². The van der Waals surface area contributed by atoms with Gasteiger partial charge in [-0.05, 0) is 23.8 Å². The van der Waals surface area contributed by atoms with Gasteiger partial charge in [-0.3, -0.25) is 4.79 Å². The zero-order valence-corrected chi connectivity index (χ0v) is 7.73. The van der Waals surface area contributed by atoms with Crippen LogP contribution in [0.3, 0.4) is 0 Å². The van der Waals surface area contributed by atoms with Crippen LogP contribution in [0.5, 0.6) is 5.75 Å². The van der Waals surface area contributed by atoms with Gasteiger partial charge >= 0.3 is 0 Å². The summed E-state index contributed by atoms with van der Waals surface area (Å²) in [7, 11) is 1.56. The fourth-order valence-corrected chi connectivity index (χ4v) is 1.00. The molecule has 0 atom stereocenters. The van der Waals surface area contributed by atoms with Crippen LogP contribution in [0.15, 0.2) is 29.8 Å². The molecule has 0 unspecified atom stereocenters. The van der Waals surface area contributed by atoms with Crippen LogP contribution in [0.2, 0.25) is 0 Å². The highest BCUT2D eigenvalue weighted by Crippen LogP contribution is 2.14. The molecule has 1 aromatic rings. The molecule has 0 bridgehead atoms. The summed E-state index contributed by atoms with van der Waals surface area (Å²) in [4.78, 5) is 10.4. The number of hydrogen-bond donors (Lipinski definition) is 0. The summed E-state index contributed by atoms with van der Waals surface area (Å²) in [6, 6.07) is 8.93. The van der Waals surface area contributed by atoms with Gasteiger partial charge in [0.05, 0.1) is 12.7 Å². The number of benzene rings is 1. The second kappa shape index (κ2) is 4.83. The lowest BCUT2D eigenvalue weighted by molar-refractivity contribution is -0.104. The molecule has 1 aromatic carbocycles. The summed E-state index contributed by atoms with van der Waals surface area (Å²) in [6.07, 6.45) is 2.04. The van der Waals surface area contributed by atoms with Gasteiger partial charge < -0.3 is 4.74 Å². The molecule has 0 aromatic heterocycles. The van der Waals surface area contributed by atoms with Crippen LogP contribution in [0.1, 0.15) is 5.56 Å². The van der Waals surface area contributed by atoms with Gasteiger partial charge in [0.15, 0.2) is 6.29 Å².